The number of hydrogen-bond donors (Lipinski definition) is 0. The first-order chi connectivity index (χ1) is 13.6. The molecule has 1 aliphatic rings. The number of aromatic nitrogens is 1. The summed E-state index contributed by atoms with van der Waals surface area (Å²) in [7, 11) is 1.88. The summed E-state index contributed by atoms with van der Waals surface area (Å²) in [5.74, 6) is 0.403. The molecule has 3 rings (SSSR count). The maximum absolute atomic E-state index is 13.0. The molecule has 0 aliphatic carbocycles. The van der Waals surface area contributed by atoms with E-state index in [-0.39, 0.29) is 11.7 Å². The quantitative estimate of drug-likeness (QED) is 0.687. The van der Waals surface area contributed by atoms with Crippen molar-refractivity contribution in [2.75, 3.05) is 33.2 Å². The molecule has 1 aromatic carbocycles. The van der Waals surface area contributed by atoms with Crippen LogP contribution in [0.3, 0.4) is 0 Å². The Morgan fingerprint density at radius 3 is 2.54 bits per heavy atom. The van der Waals surface area contributed by atoms with Gasteiger partial charge in [-0.25, -0.2) is 4.39 Å². The molecule has 1 aliphatic heterocycles. The van der Waals surface area contributed by atoms with E-state index >= 15 is 0 Å². The van der Waals surface area contributed by atoms with Crippen LogP contribution in [0.4, 0.5) is 4.39 Å². The first-order valence-corrected chi connectivity index (χ1v) is 9.90. The van der Waals surface area contributed by atoms with Crippen LogP contribution in [-0.4, -0.2) is 53.9 Å². The molecule has 148 valence electrons. The van der Waals surface area contributed by atoms with Crippen LogP contribution in [0, 0.1) is 11.7 Å². The first-order valence-electron chi connectivity index (χ1n) is 9.90. The van der Waals surface area contributed by atoms with E-state index in [9.17, 15) is 9.18 Å². The van der Waals surface area contributed by atoms with Gasteiger partial charge in [0.25, 0.3) is 0 Å². The highest BCUT2D eigenvalue weighted by Crippen LogP contribution is 2.19. The average Bonchev–Trinajstić information content (AvgIpc) is 2.73. The van der Waals surface area contributed by atoms with E-state index in [4.69, 9.17) is 0 Å². The van der Waals surface area contributed by atoms with Crippen LogP contribution in [0.2, 0.25) is 0 Å². The molecule has 1 saturated heterocycles. The molecule has 1 aromatic heterocycles. The summed E-state index contributed by atoms with van der Waals surface area (Å²) in [6.45, 7) is 3.91. The summed E-state index contributed by atoms with van der Waals surface area (Å²) in [4.78, 5) is 20.6. The lowest BCUT2D eigenvalue weighted by Gasteiger charge is -2.33. The Hall–Kier alpha value is -2.53. The predicted molar refractivity (Wildman–Crippen MR) is 110 cm³/mol. The van der Waals surface area contributed by atoms with Crippen molar-refractivity contribution in [1.29, 1.82) is 0 Å². The zero-order valence-corrected chi connectivity index (χ0v) is 16.4. The zero-order chi connectivity index (χ0) is 19.8. The van der Waals surface area contributed by atoms with Gasteiger partial charge in [-0.1, -0.05) is 12.1 Å². The minimum Gasteiger partial charge on any atom is -0.342 e. The molecule has 1 amide bonds. The summed E-state index contributed by atoms with van der Waals surface area (Å²) < 4.78 is 13.0. The molecule has 0 spiro atoms. The van der Waals surface area contributed by atoms with Crippen LogP contribution in [0.5, 0.6) is 0 Å². The van der Waals surface area contributed by atoms with Crippen molar-refractivity contribution in [1.82, 2.24) is 14.8 Å². The molecule has 4 nitrogen and oxygen atoms in total. The molecule has 0 N–H and O–H groups in total. The molecule has 0 radical (unpaired) electrons. The molecule has 1 fully saturated rings. The third-order valence-corrected chi connectivity index (χ3v) is 5.37. The Morgan fingerprint density at radius 2 is 1.86 bits per heavy atom. The van der Waals surface area contributed by atoms with Gasteiger partial charge < -0.3 is 9.80 Å². The summed E-state index contributed by atoms with van der Waals surface area (Å²) in [6, 6.07) is 10.5. The summed E-state index contributed by atoms with van der Waals surface area (Å²) in [5.41, 5.74) is 2.15. The highest BCUT2D eigenvalue weighted by molar-refractivity contribution is 5.91. The topological polar surface area (TPSA) is 36.4 Å². The summed E-state index contributed by atoms with van der Waals surface area (Å²) in [5, 5.41) is 0. The van der Waals surface area contributed by atoms with E-state index in [1.165, 1.54) is 17.7 Å². The average molecular weight is 381 g/mol. The summed E-state index contributed by atoms with van der Waals surface area (Å²) in [6.07, 6.45) is 10.1. The molecular weight excluding hydrogens is 353 g/mol. The number of rotatable bonds is 7. The smallest absolute Gasteiger partial charge is 0.246 e. The van der Waals surface area contributed by atoms with Gasteiger partial charge in [0.2, 0.25) is 5.91 Å². The van der Waals surface area contributed by atoms with E-state index in [1.807, 2.05) is 42.3 Å². The number of carbonyl (C=O) groups is 1. The number of piperidine rings is 1. The van der Waals surface area contributed by atoms with Crippen molar-refractivity contribution in [2.45, 2.75) is 19.3 Å². The van der Waals surface area contributed by atoms with Crippen molar-refractivity contribution in [2.24, 2.45) is 5.92 Å². The van der Waals surface area contributed by atoms with Crippen LogP contribution >= 0.6 is 0 Å². The largest absolute Gasteiger partial charge is 0.342 e. The number of likely N-dealkylation sites (N-methyl/N-ethyl adjacent to an activating group) is 1. The van der Waals surface area contributed by atoms with Gasteiger partial charge in [-0.05, 0) is 79.7 Å². The van der Waals surface area contributed by atoms with E-state index in [0.717, 1.165) is 51.0 Å². The fourth-order valence-corrected chi connectivity index (χ4v) is 3.58. The fraction of sp³-hybridized carbons (Fsp3) is 0.391. The van der Waals surface area contributed by atoms with Crippen LogP contribution < -0.4 is 0 Å². The minimum absolute atomic E-state index is 0.0375. The molecule has 28 heavy (non-hydrogen) atoms. The zero-order valence-electron chi connectivity index (χ0n) is 16.4. The Bertz CT molecular complexity index is 768. The normalized spacial score (nSPS) is 15.8. The monoisotopic (exact) mass is 381 g/mol. The Morgan fingerprint density at radius 1 is 1.18 bits per heavy atom. The highest BCUT2D eigenvalue weighted by atomic mass is 19.1. The number of benzene rings is 1. The van der Waals surface area contributed by atoms with Gasteiger partial charge in [0, 0.05) is 38.6 Å². The molecule has 0 bridgehead atoms. The number of likely N-dealkylation sites (tertiary alicyclic amines) is 1. The second kappa shape index (κ2) is 10.1. The fourth-order valence-electron chi connectivity index (χ4n) is 3.58. The lowest BCUT2D eigenvalue weighted by atomic mass is 9.96. The summed E-state index contributed by atoms with van der Waals surface area (Å²) >= 11 is 0. The van der Waals surface area contributed by atoms with Crippen LogP contribution in [0.25, 0.3) is 6.08 Å². The molecule has 5 heteroatoms. The number of amides is 1. The van der Waals surface area contributed by atoms with Crippen LogP contribution in [0.15, 0.2) is 54.9 Å². The number of hydrogen-bond acceptors (Lipinski definition) is 3. The predicted octanol–water partition coefficient (Wildman–Crippen LogP) is 3.65. The van der Waals surface area contributed by atoms with Gasteiger partial charge >= 0.3 is 0 Å². The van der Waals surface area contributed by atoms with Crippen molar-refractivity contribution in [3.8, 4) is 0 Å². The van der Waals surface area contributed by atoms with E-state index < -0.39 is 0 Å². The number of carbonyl (C=O) groups excluding carboxylic acids is 1. The standard InChI is InChI=1S/C23H28FN3O/c1-26(23(28)7-4-20-8-13-25-14-9-20)18-21-11-16-27(17-12-21)15-10-19-2-5-22(24)6-3-19/h2-9,13-14,21H,10-12,15-18H2,1H3/b7-4+. The van der Waals surface area contributed by atoms with Crippen LogP contribution in [-0.2, 0) is 11.2 Å². The maximum Gasteiger partial charge on any atom is 0.246 e. The minimum atomic E-state index is -0.182. The van der Waals surface area contributed by atoms with Gasteiger partial charge in [0.15, 0.2) is 0 Å². The number of nitrogens with zero attached hydrogens (tertiary/aromatic N) is 3. The van der Waals surface area contributed by atoms with Crippen molar-refractivity contribution in [3.05, 3.63) is 71.8 Å². The molecule has 2 aromatic rings. The Balaban J connectivity index is 1.38. The van der Waals surface area contributed by atoms with E-state index in [1.54, 1.807) is 18.5 Å². The van der Waals surface area contributed by atoms with Gasteiger partial charge in [0.1, 0.15) is 5.82 Å². The number of pyridine rings is 1. The lowest BCUT2D eigenvalue weighted by Crippen LogP contribution is -2.39. The Labute approximate surface area is 166 Å². The second-order valence-electron chi connectivity index (χ2n) is 7.49. The second-order valence-corrected chi connectivity index (χ2v) is 7.49. The highest BCUT2D eigenvalue weighted by Gasteiger charge is 2.21. The Kier molecular flexibility index (Phi) is 7.31. The van der Waals surface area contributed by atoms with E-state index in [0.29, 0.717) is 5.92 Å². The maximum atomic E-state index is 13.0. The van der Waals surface area contributed by atoms with Gasteiger partial charge in [-0.3, -0.25) is 9.78 Å². The van der Waals surface area contributed by atoms with Crippen molar-refractivity contribution < 1.29 is 9.18 Å². The molecule has 0 saturated carbocycles. The molecule has 0 atom stereocenters. The molecular formula is C23H28FN3O. The SMILES string of the molecule is CN(CC1CCN(CCc2ccc(F)cc2)CC1)C(=O)/C=C/c1ccncc1. The third-order valence-electron chi connectivity index (χ3n) is 5.37. The van der Waals surface area contributed by atoms with Crippen LogP contribution in [0.1, 0.15) is 24.0 Å². The molecule has 0 unspecified atom stereocenters. The van der Waals surface area contributed by atoms with E-state index in [2.05, 4.69) is 9.88 Å². The van der Waals surface area contributed by atoms with Crippen molar-refractivity contribution >= 4 is 12.0 Å². The van der Waals surface area contributed by atoms with Gasteiger partial charge in [-0.2, -0.15) is 0 Å². The third kappa shape index (κ3) is 6.27. The van der Waals surface area contributed by atoms with Crippen molar-refractivity contribution in [3.63, 3.8) is 0 Å². The molecule has 2 heterocycles. The first kappa shape index (κ1) is 20.2. The lowest BCUT2D eigenvalue weighted by molar-refractivity contribution is -0.125. The van der Waals surface area contributed by atoms with Gasteiger partial charge in [-0.15, -0.1) is 0 Å². The number of halogens is 1. The van der Waals surface area contributed by atoms with Gasteiger partial charge in [0.05, 0.1) is 0 Å².